The molecule has 0 aliphatic heterocycles. The molecule has 0 radical (unpaired) electrons. The molecule has 0 saturated carbocycles. The quantitative estimate of drug-likeness (QED) is 0.521. The number of aromatic nitrogens is 2. The van der Waals surface area contributed by atoms with Crippen LogP contribution in [0, 0.1) is 19.7 Å². The van der Waals surface area contributed by atoms with Crippen LogP contribution in [0.15, 0.2) is 42.5 Å². The molecule has 1 heterocycles. The van der Waals surface area contributed by atoms with Crippen molar-refractivity contribution in [3.05, 3.63) is 75.3 Å². The number of hydrogen-bond acceptors (Lipinski definition) is 2. The summed E-state index contributed by atoms with van der Waals surface area (Å²) in [6.45, 7) is 4.28. The summed E-state index contributed by atoms with van der Waals surface area (Å²) in [5.41, 5.74) is 3.97. The topological polar surface area (TPSA) is 41.9 Å². The zero-order valence-electron chi connectivity index (χ0n) is 14.7. The standard InChI is InChI=1S/C19H17Cl2FN4S/c1-11-18(24-19(27)23-17-7-6-14(20)9-16(17)21)12(2)26(25-11)10-13-4-3-5-15(22)8-13/h3-9H,10H2,1-2H3,(H2,23,24,27). The van der Waals surface area contributed by atoms with Crippen LogP contribution in [0.25, 0.3) is 0 Å². The summed E-state index contributed by atoms with van der Waals surface area (Å²) in [6.07, 6.45) is 0. The molecule has 0 saturated heterocycles. The van der Waals surface area contributed by atoms with Gasteiger partial charge in [0.1, 0.15) is 5.82 Å². The molecule has 2 aromatic carbocycles. The van der Waals surface area contributed by atoms with Crippen molar-refractivity contribution in [3.8, 4) is 0 Å². The van der Waals surface area contributed by atoms with Crippen LogP contribution in [-0.4, -0.2) is 14.9 Å². The minimum atomic E-state index is -0.266. The van der Waals surface area contributed by atoms with Gasteiger partial charge in [0.05, 0.1) is 34.3 Å². The van der Waals surface area contributed by atoms with Crippen LogP contribution in [0.5, 0.6) is 0 Å². The molecule has 140 valence electrons. The zero-order chi connectivity index (χ0) is 19.6. The highest BCUT2D eigenvalue weighted by atomic mass is 35.5. The molecule has 0 aliphatic rings. The van der Waals surface area contributed by atoms with E-state index in [0.29, 0.717) is 27.4 Å². The fourth-order valence-electron chi connectivity index (χ4n) is 2.70. The third kappa shape index (κ3) is 4.77. The maximum absolute atomic E-state index is 13.4. The van der Waals surface area contributed by atoms with Gasteiger partial charge in [-0.25, -0.2) is 4.39 Å². The second-order valence-electron chi connectivity index (χ2n) is 6.04. The lowest BCUT2D eigenvalue weighted by Crippen LogP contribution is -2.20. The number of nitrogens with one attached hydrogen (secondary N) is 2. The minimum Gasteiger partial charge on any atom is -0.331 e. The fourth-order valence-corrected chi connectivity index (χ4v) is 3.37. The average molecular weight is 423 g/mol. The number of hydrogen-bond donors (Lipinski definition) is 2. The van der Waals surface area contributed by atoms with Crippen LogP contribution in [0.2, 0.25) is 10.0 Å². The summed E-state index contributed by atoms with van der Waals surface area (Å²) < 4.78 is 15.2. The van der Waals surface area contributed by atoms with E-state index in [0.717, 1.165) is 22.6 Å². The predicted octanol–water partition coefficient (Wildman–Crippen LogP) is 5.80. The Kier molecular flexibility index (Phi) is 5.99. The highest BCUT2D eigenvalue weighted by Crippen LogP contribution is 2.26. The van der Waals surface area contributed by atoms with Gasteiger partial charge in [0.2, 0.25) is 0 Å². The molecule has 0 amide bonds. The summed E-state index contributed by atoms with van der Waals surface area (Å²) >= 11 is 17.5. The normalized spacial score (nSPS) is 10.7. The van der Waals surface area contributed by atoms with Crippen LogP contribution in [0.3, 0.4) is 0 Å². The maximum Gasteiger partial charge on any atom is 0.175 e. The van der Waals surface area contributed by atoms with Gasteiger partial charge in [-0.2, -0.15) is 5.10 Å². The molecule has 0 bridgehead atoms. The van der Waals surface area contributed by atoms with Gasteiger partial charge in [0, 0.05) is 5.02 Å². The Morgan fingerprint density at radius 2 is 1.93 bits per heavy atom. The number of anilines is 2. The largest absolute Gasteiger partial charge is 0.331 e. The number of thiocarbonyl (C=S) groups is 1. The minimum absolute atomic E-state index is 0.266. The Labute approximate surface area is 172 Å². The van der Waals surface area contributed by atoms with Gasteiger partial charge in [-0.15, -0.1) is 0 Å². The van der Waals surface area contributed by atoms with Crippen LogP contribution in [-0.2, 0) is 6.54 Å². The molecular weight excluding hydrogens is 406 g/mol. The third-order valence-corrected chi connectivity index (χ3v) is 4.77. The zero-order valence-corrected chi connectivity index (χ0v) is 17.0. The number of aryl methyl sites for hydroxylation is 1. The van der Waals surface area contributed by atoms with Crippen molar-refractivity contribution < 1.29 is 4.39 Å². The molecule has 0 spiro atoms. The first kappa shape index (κ1) is 19.6. The maximum atomic E-state index is 13.4. The highest BCUT2D eigenvalue weighted by Gasteiger charge is 2.14. The van der Waals surface area contributed by atoms with Crippen molar-refractivity contribution in [1.29, 1.82) is 0 Å². The van der Waals surface area contributed by atoms with Crippen molar-refractivity contribution in [2.75, 3.05) is 10.6 Å². The Morgan fingerprint density at radius 3 is 2.63 bits per heavy atom. The van der Waals surface area contributed by atoms with Crippen LogP contribution in [0.1, 0.15) is 17.0 Å². The van der Waals surface area contributed by atoms with Crippen molar-refractivity contribution in [2.24, 2.45) is 0 Å². The average Bonchev–Trinajstić information content (AvgIpc) is 2.85. The smallest absolute Gasteiger partial charge is 0.175 e. The fraction of sp³-hybridized carbons (Fsp3) is 0.158. The lowest BCUT2D eigenvalue weighted by atomic mass is 10.2. The second-order valence-corrected chi connectivity index (χ2v) is 7.29. The van der Waals surface area contributed by atoms with E-state index in [1.54, 1.807) is 24.3 Å². The van der Waals surface area contributed by atoms with Gasteiger partial charge in [0.15, 0.2) is 5.11 Å². The lowest BCUT2D eigenvalue weighted by molar-refractivity contribution is 0.616. The highest BCUT2D eigenvalue weighted by molar-refractivity contribution is 7.80. The number of rotatable bonds is 4. The first-order valence-electron chi connectivity index (χ1n) is 8.15. The molecule has 0 aliphatic carbocycles. The monoisotopic (exact) mass is 422 g/mol. The van der Waals surface area contributed by atoms with Crippen molar-refractivity contribution >= 4 is 51.9 Å². The van der Waals surface area contributed by atoms with Gasteiger partial charge < -0.3 is 10.6 Å². The molecule has 0 atom stereocenters. The van der Waals surface area contributed by atoms with E-state index in [9.17, 15) is 4.39 Å². The molecule has 0 unspecified atom stereocenters. The Morgan fingerprint density at radius 1 is 1.15 bits per heavy atom. The van der Waals surface area contributed by atoms with E-state index in [1.807, 2.05) is 24.6 Å². The van der Waals surface area contributed by atoms with Crippen LogP contribution in [0.4, 0.5) is 15.8 Å². The van der Waals surface area contributed by atoms with Gasteiger partial charge in [-0.05, 0) is 62.0 Å². The summed E-state index contributed by atoms with van der Waals surface area (Å²) in [4.78, 5) is 0. The first-order chi connectivity index (χ1) is 12.8. The molecule has 3 rings (SSSR count). The SMILES string of the molecule is Cc1nn(Cc2cccc(F)c2)c(C)c1NC(=S)Nc1ccc(Cl)cc1Cl. The number of benzene rings is 2. The molecule has 1 aromatic heterocycles. The Bertz CT molecular complexity index is 1000. The Balaban J connectivity index is 1.75. The molecule has 2 N–H and O–H groups in total. The second kappa shape index (κ2) is 8.25. The molecule has 27 heavy (non-hydrogen) atoms. The van der Waals surface area contributed by atoms with E-state index in [-0.39, 0.29) is 5.82 Å². The van der Waals surface area contributed by atoms with E-state index in [4.69, 9.17) is 35.4 Å². The molecule has 4 nitrogen and oxygen atoms in total. The van der Waals surface area contributed by atoms with Crippen LogP contribution < -0.4 is 10.6 Å². The molecule has 3 aromatic rings. The van der Waals surface area contributed by atoms with E-state index in [1.165, 1.54) is 12.1 Å². The number of halogens is 3. The van der Waals surface area contributed by atoms with Gasteiger partial charge in [0.25, 0.3) is 0 Å². The number of nitrogens with zero attached hydrogens (tertiary/aromatic N) is 2. The lowest BCUT2D eigenvalue weighted by Gasteiger charge is -2.12. The molecule has 0 fully saturated rings. The van der Waals surface area contributed by atoms with Crippen molar-refractivity contribution in [3.63, 3.8) is 0 Å². The predicted molar refractivity (Wildman–Crippen MR) is 114 cm³/mol. The summed E-state index contributed by atoms with van der Waals surface area (Å²) in [5.74, 6) is -0.266. The van der Waals surface area contributed by atoms with Crippen molar-refractivity contribution in [1.82, 2.24) is 9.78 Å². The van der Waals surface area contributed by atoms with E-state index >= 15 is 0 Å². The van der Waals surface area contributed by atoms with Crippen molar-refractivity contribution in [2.45, 2.75) is 20.4 Å². The van der Waals surface area contributed by atoms with Gasteiger partial charge in [-0.3, -0.25) is 4.68 Å². The first-order valence-corrected chi connectivity index (χ1v) is 9.31. The molecule has 8 heteroatoms. The van der Waals surface area contributed by atoms with Gasteiger partial charge >= 0.3 is 0 Å². The third-order valence-electron chi connectivity index (χ3n) is 4.02. The van der Waals surface area contributed by atoms with Gasteiger partial charge in [-0.1, -0.05) is 35.3 Å². The van der Waals surface area contributed by atoms with E-state index < -0.39 is 0 Å². The summed E-state index contributed by atoms with van der Waals surface area (Å²) in [6, 6.07) is 11.6. The summed E-state index contributed by atoms with van der Waals surface area (Å²) in [5, 5.41) is 12.1. The van der Waals surface area contributed by atoms with E-state index in [2.05, 4.69) is 15.7 Å². The Hall–Kier alpha value is -2.15. The molecular formula is C19H17Cl2FN4S. The summed E-state index contributed by atoms with van der Waals surface area (Å²) in [7, 11) is 0. The van der Waals surface area contributed by atoms with Crippen LogP contribution >= 0.6 is 35.4 Å².